The van der Waals surface area contributed by atoms with Gasteiger partial charge in [-0.2, -0.15) is 14.7 Å². The van der Waals surface area contributed by atoms with E-state index in [-0.39, 0.29) is 0 Å². The van der Waals surface area contributed by atoms with Gasteiger partial charge in [0.25, 0.3) is 0 Å². The summed E-state index contributed by atoms with van der Waals surface area (Å²) >= 11 is 1.50. The average molecular weight is 314 g/mol. The van der Waals surface area contributed by atoms with E-state index < -0.39 is 0 Å². The zero-order valence-corrected chi connectivity index (χ0v) is 13.3. The first-order valence-corrected chi connectivity index (χ1v) is 7.81. The smallest absolute Gasteiger partial charge is 0.235 e. The second-order valence-electron chi connectivity index (χ2n) is 4.96. The molecule has 0 aliphatic heterocycles. The first-order chi connectivity index (χ1) is 10.7. The van der Waals surface area contributed by atoms with Gasteiger partial charge in [-0.05, 0) is 32.9 Å². The third-order valence-corrected chi connectivity index (χ3v) is 4.54. The molecule has 22 heavy (non-hydrogen) atoms. The van der Waals surface area contributed by atoms with Gasteiger partial charge in [0.15, 0.2) is 10.8 Å². The summed E-state index contributed by atoms with van der Waals surface area (Å²) in [5.41, 5.74) is 3.16. The monoisotopic (exact) mass is 314 g/mol. The van der Waals surface area contributed by atoms with Crippen molar-refractivity contribution in [2.45, 2.75) is 27.3 Å². The van der Waals surface area contributed by atoms with Crippen LogP contribution in [0.25, 0.3) is 27.1 Å². The van der Waals surface area contributed by atoms with Crippen LogP contribution in [0.5, 0.6) is 0 Å². The Balaban J connectivity index is 1.89. The van der Waals surface area contributed by atoms with Crippen molar-refractivity contribution in [1.82, 2.24) is 29.6 Å². The molecule has 0 aromatic carbocycles. The minimum absolute atomic E-state index is 0.612. The molecule has 7 nitrogen and oxygen atoms in total. The average Bonchev–Trinajstić information content (AvgIpc) is 3.21. The van der Waals surface area contributed by atoms with Crippen LogP contribution in [0.4, 0.5) is 0 Å². The summed E-state index contributed by atoms with van der Waals surface area (Å²) in [7, 11) is 0. The van der Waals surface area contributed by atoms with Crippen molar-refractivity contribution in [3.8, 4) is 22.2 Å². The fraction of sp³-hybridized carbons (Fsp3) is 0.286. The number of fused-ring (bicyclic) bond motifs is 1. The molecule has 0 bridgehead atoms. The molecule has 0 radical (unpaired) electrons. The van der Waals surface area contributed by atoms with Crippen molar-refractivity contribution < 1.29 is 4.42 Å². The summed E-state index contributed by atoms with van der Waals surface area (Å²) < 4.78 is 9.10. The van der Waals surface area contributed by atoms with E-state index in [4.69, 9.17) is 4.42 Å². The summed E-state index contributed by atoms with van der Waals surface area (Å²) in [6.07, 6.45) is 1.61. The Hall–Kier alpha value is -2.48. The summed E-state index contributed by atoms with van der Waals surface area (Å²) in [5, 5.41) is 18.4. The molecule has 8 heteroatoms. The van der Waals surface area contributed by atoms with Crippen molar-refractivity contribution in [2.24, 2.45) is 0 Å². The Labute approximate surface area is 130 Å². The van der Waals surface area contributed by atoms with Crippen LogP contribution in [-0.4, -0.2) is 29.6 Å². The van der Waals surface area contributed by atoms with E-state index in [2.05, 4.69) is 34.2 Å². The van der Waals surface area contributed by atoms with Gasteiger partial charge >= 0.3 is 0 Å². The van der Waals surface area contributed by atoms with Gasteiger partial charge in [0.05, 0.1) is 17.5 Å². The van der Waals surface area contributed by atoms with Gasteiger partial charge in [0.2, 0.25) is 10.8 Å². The molecular weight excluding hydrogens is 300 g/mol. The summed E-state index contributed by atoms with van der Waals surface area (Å²) in [4.78, 5) is 0.740. The molecule has 4 aromatic heterocycles. The first kappa shape index (κ1) is 13.2. The molecule has 4 rings (SSSR count). The third kappa shape index (κ3) is 1.80. The lowest BCUT2D eigenvalue weighted by Crippen LogP contribution is -1.98. The Kier molecular flexibility index (Phi) is 2.86. The molecule has 112 valence electrons. The lowest BCUT2D eigenvalue weighted by molar-refractivity contribution is 0.575. The molecule has 0 saturated carbocycles. The van der Waals surface area contributed by atoms with Crippen LogP contribution in [0.1, 0.15) is 18.3 Å². The van der Waals surface area contributed by atoms with E-state index in [1.807, 2.05) is 23.7 Å². The van der Waals surface area contributed by atoms with Crippen molar-refractivity contribution in [3.63, 3.8) is 0 Å². The number of aryl methyl sites for hydroxylation is 2. The van der Waals surface area contributed by atoms with Gasteiger partial charge in [-0.15, -0.1) is 10.2 Å². The topological polar surface area (TPSA) is 74.0 Å². The SMILES string of the molecule is CCn1nc(C)c(-c2nn3c(-c4ccco4)nnc3s2)c1C. The van der Waals surface area contributed by atoms with Crippen LogP contribution >= 0.6 is 11.3 Å². The van der Waals surface area contributed by atoms with E-state index in [0.29, 0.717) is 11.6 Å². The van der Waals surface area contributed by atoms with Crippen molar-refractivity contribution in [2.75, 3.05) is 0 Å². The van der Waals surface area contributed by atoms with Crippen LogP contribution in [0.15, 0.2) is 22.8 Å². The number of rotatable bonds is 3. The highest BCUT2D eigenvalue weighted by atomic mass is 32.1. The minimum Gasteiger partial charge on any atom is -0.461 e. The van der Waals surface area contributed by atoms with E-state index >= 15 is 0 Å². The summed E-state index contributed by atoms with van der Waals surface area (Å²) in [5.74, 6) is 1.27. The lowest BCUT2D eigenvalue weighted by Gasteiger charge is -1.99. The zero-order chi connectivity index (χ0) is 15.3. The van der Waals surface area contributed by atoms with Crippen LogP contribution in [0, 0.1) is 13.8 Å². The number of hydrogen-bond donors (Lipinski definition) is 0. The highest BCUT2D eigenvalue weighted by Gasteiger charge is 2.20. The van der Waals surface area contributed by atoms with Crippen LogP contribution in [0.2, 0.25) is 0 Å². The van der Waals surface area contributed by atoms with Gasteiger partial charge in [-0.3, -0.25) is 4.68 Å². The second-order valence-corrected chi connectivity index (χ2v) is 5.92. The largest absolute Gasteiger partial charge is 0.461 e. The van der Waals surface area contributed by atoms with E-state index in [9.17, 15) is 0 Å². The van der Waals surface area contributed by atoms with E-state index in [1.54, 1.807) is 10.8 Å². The Morgan fingerprint density at radius 1 is 1.23 bits per heavy atom. The van der Waals surface area contributed by atoms with E-state index in [0.717, 1.165) is 33.5 Å². The highest BCUT2D eigenvalue weighted by Crippen LogP contribution is 2.32. The Morgan fingerprint density at radius 2 is 2.09 bits per heavy atom. The molecule has 0 N–H and O–H groups in total. The lowest BCUT2D eigenvalue weighted by atomic mass is 10.2. The van der Waals surface area contributed by atoms with Gasteiger partial charge in [-0.1, -0.05) is 11.3 Å². The third-order valence-electron chi connectivity index (χ3n) is 3.63. The maximum Gasteiger partial charge on any atom is 0.235 e. The molecule has 4 heterocycles. The van der Waals surface area contributed by atoms with Crippen molar-refractivity contribution in [1.29, 1.82) is 0 Å². The summed E-state index contributed by atoms with van der Waals surface area (Å²) in [6, 6.07) is 3.67. The zero-order valence-electron chi connectivity index (χ0n) is 12.4. The van der Waals surface area contributed by atoms with Crippen molar-refractivity contribution >= 4 is 16.3 Å². The standard InChI is InChI=1S/C14H14N6OS/c1-4-19-9(3)11(8(2)17-19)13-18-20-12(10-6-5-7-21-10)15-16-14(20)22-13/h5-7H,4H2,1-3H3. The number of aromatic nitrogens is 6. The predicted octanol–water partition coefficient (Wildman–Crippen LogP) is 2.95. The van der Waals surface area contributed by atoms with Gasteiger partial charge in [0, 0.05) is 12.2 Å². The fourth-order valence-electron chi connectivity index (χ4n) is 2.59. The first-order valence-electron chi connectivity index (χ1n) is 6.99. The highest BCUT2D eigenvalue weighted by molar-refractivity contribution is 7.19. The molecule has 0 unspecified atom stereocenters. The van der Waals surface area contributed by atoms with Gasteiger partial charge in [0.1, 0.15) is 0 Å². The van der Waals surface area contributed by atoms with Crippen molar-refractivity contribution in [3.05, 3.63) is 29.8 Å². The van der Waals surface area contributed by atoms with E-state index in [1.165, 1.54) is 11.3 Å². The maximum atomic E-state index is 5.39. The molecule has 0 aliphatic rings. The fourth-order valence-corrected chi connectivity index (χ4v) is 3.58. The van der Waals surface area contributed by atoms with Crippen LogP contribution in [0.3, 0.4) is 0 Å². The molecule has 0 atom stereocenters. The Morgan fingerprint density at radius 3 is 2.77 bits per heavy atom. The predicted molar refractivity (Wildman–Crippen MR) is 82.7 cm³/mol. The van der Waals surface area contributed by atoms with Gasteiger partial charge < -0.3 is 4.42 Å². The van der Waals surface area contributed by atoms with Crippen LogP contribution < -0.4 is 0 Å². The molecule has 0 fully saturated rings. The Bertz CT molecular complexity index is 946. The number of nitrogens with zero attached hydrogens (tertiary/aromatic N) is 6. The molecular formula is C14H14N6OS. The number of hydrogen-bond acceptors (Lipinski definition) is 6. The molecule has 0 saturated heterocycles. The van der Waals surface area contributed by atoms with Crippen LogP contribution in [-0.2, 0) is 6.54 Å². The quantitative estimate of drug-likeness (QED) is 0.581. The number of furan rings is 1. The normalized spacial score (nSPS) is 11.6. The molecule has 4 aromatic rings. The molecule has 0 amide bonds. The second kappa shape index (κ2) is 4.77. The van der Waals surface area contributed by atoms with Gasteiger partial charge in [-0.25, -0.2) is 0 Å². The minimum atomic E-state index is 0.612. The maximum absolute atomic E-state index is 5.39. The summed E-state index contributed by atoms with van der Waals surface area (Å²) in [6.45, 7) is 6.99. The molecule has 0 spiro atoms. The molecule has 0 aliphatic carbocycles.